The lowest BCUT2D eigenvalue weighted by molar-refractivity contribution is -0.138. The second kappa shape index (κ2) is 10.2. The minimum absolute atomic E-state index is 0.0205. The Balaban J connectivity index is 1.47. The molecule has 34 heavy (non-hydrogen) atoms. The van der Waals surface area contributed by atoms with Gasteiger partial charge in [-0.15, -0.1) is 11.8 Å². The SMILES string of the molecule is CCSc1ccc(CNC(=O)c2ccc3cc(Cc4ccc(Cl)cc4C(F)(F)F)oc3c2)cc1. The molecular formula is C26H21ClF3NO2S. The highest BCUT2D eigenvalue weighted by Crippen LogP contribution is 2.35. The van der Waals surface area contributed by atoms with Crippen molar-refractivity contribution in [3.63, 3.8) is 0 Å². The summed E-state index contributed by atoms with van der Waals surface area (Å²) in [4.78, 5) is 13.8. The van der Waals surface area contributed by atoms with Crippen molar-refractivity contribution < 1.29 is 22.4 Å². The summed E-state index contributed by atoms with van der Waals surface area (Å²) in [6.07, 6.45) is -4.57. The summed E-state index contributed by atoms with van der Waals surface area (Å²) in [5.74, 6) is 1.10. The summed E-state index contributed by atoms with van der Waals surface area (Å²) >= 11 is 7.51. The van der Waals surface area contributed by atoms with Crippen molar-refractivity contribution in [2.45, 2.75) is 31.0 Å². The largest absolute Gasteiger partial charge is 0.461 e. The highest BCUT2D eigenvalue weighted by atomic mass is 35.5. The number of hydrogen-bond acceptors (Lipinski definition) is 3. The zero-order chi connectivity index (χ0) is 24.3. The number of halogens is 4. The number of benzene rings is 3. The van der Waals surface area contributed by atoms with Gasteiger partial charge in [-0.2, -0.15) is 13.2 Å². The first-order valence-corrected chi connectivity index (χ1v) is 12.0. The van der Waals surface area contributed by atoms with Crippen molar-refractivity contribution in [2.75, 3.05) is 5.75 Å². The van der Waals surface area contributed by atoms with E-state index in [1.165, 1.54) is 17.0 Å². The van der Waals surface area contributed by atoms with Crippen LogP contribution in [0.4, 0.5) is 13.2 Å². The van der Waals surface area contributed by atoms with Crippen molar-refractivity contribution in [3.8, 4) is 0 Å². The van der Waals surface area contributed by atoms with Crippen LogP contribution in [0.1, 0.15) is 39.7 Å². The monoisotopic (exact) mass is 503 g/mol. The molecule has 0 saturated heterocycles. The molecule has 1 N–H and O–H groups in total. The van der Waals surface area contributed by atoms with Crippen molar-refractivity contribution in [1.29, 1.82) is 0 Å². The molecule has 0 aliphatic rings. The highest BCUT2D eigenvalue weighted by molar-refractivity contribution is 7.99. The van der Waals surface area contributed by atoms with E-state index in [9.17, 15) is 18.0 Å². The van der Waals surface area contributed by atoms with Gasteiger partial charge in [0, 0.05) is 33.8 Å². The molecule has 3 nitrogen and oxygen atoms in total. The third kappa shape index (κ3) is 5.77. The number of carbonyl (C=O) groups is 1. The second-order valence-corrected chi connectivity index (χ2v) is 9.47. The number of fused-ring (bicyclic) bond motifs is 1. The normalized spacial score (nSPS) is 11.7. The molecule has 0 saturated carbocycles. The van der Waals surface area contributed by atoms with Gasteiger partial charge in [-0.25, -0.2) is 0 Å². The fourth-order valence-corrected chi connectivity index (χ4v) is 4.46. The first-order valence-electron chi connectivity index (χ1n) is 10.6. The van der Waals surface area contributed by atoms with Gasteiger partial charge in [-0.3, -0.25) is 4.79 Å². The Hall–Kier alpha value is -2.90. The van der Waals surface area contributed by atoms with Crippen molar-refractivity contribution in [2.24, 2.45) is 0 Å². The molecule has 0 unspecified atom stereocenters. The summed E-state index contributed by atoms with van der Waals surface area (Å²) in [7, 11) is 0. The van der Waals surface area contributed by atoms with Gasteiger partial charge in [0.25, 0.3) is 5.91 Å². The molecule has 3 aromatic carbocycles. The van der Waals surface area contributed by atoms with E-state index in [1.54, 1.807) is 36.0 Å². The third-order valence-electron chi connectivity index (χ3n) is 5.26. The van der Waals surface area contributed by atoms with Crippen LogP contribution in [-0.4, -0.2) is 11.7 Å². The Morgan fingerprint density at radius 3 is 2.50 bits per heavy atom. The Labute approximate surface area is 204 Å². The Bertz CT molecular complexity index is 1320. The lowest BCUT2D eigenvalue weighted by atomic mass is 10.0. The Morgan fingerprint density at radius 2 is 1.79 bits per heavy atom. The van der Waals surface area contributed by atoms with Crippen molar-refractivity contribution >= 4 is 40.2 Å². The van der Waals surface area contributed by atoms with Crippen LogP contribution < -0.4 is 5.32 Å². The quantitative estimate of drug-likeness (QED) is 0.262. The van der Waals surface area contributed by atoms with Crippen LogP contribution in [0, 0.1) is 0 Å². The van der Waals surface area contributed by atoms with Crippen molar-refractivity contribution in [3.05, 3.63) is 99.8 Å². The van der Waals surface area contributed by atoms with Gasteiger partial charge < -0.3 is 9.73 Å². The van der Waals surface area contributed by atoms with E-state index < -0.39 is 11.7 Å². The zero-order valence-electron chi connectivity index (χ0n) is 18.2. The fraction of sp³-hybridized carbons (Fsp3) is 0.192. The van der Waals surface area contributed by atoms with Crippen LogP contribution in [0.25, 0.3) is 11.0 Å². The van der Waals surface area contributed by atoms with E-state index in [1.807, 2.05) is 24.3 Å². The smallest absolute Gasteiger partial charge is 0.416 e. The number of nitrogens with one attached hydrogen (secondary N) is 1. The molecule has 176 valence electrons. The van der Waals surface area contributed by atoms with E-state index in [4.69, 9.17) is 16.0 Å². The number of furan rings is 1. The highest BCUT2D eigenvalue weighted by Gasteiger charge is 2.33. The first kappa shape index (κ1) is 24.2. The lowest BCUT2D eigenvalue weighted by Gasteiger charge is -2.12. The van der Waals surface area contributed by atoms with Crippen LogP contribution >= 0.6 is 23.4 Å². The van der Waals surface area contributed by atoms with Gasteiger partial charge in [-0.1, -0.05) is 42.8 Å². The number of alkyl halides is 3. The van der Waals surface area contributed by atoms with Gasteiger partial charge in [-0.05, 0) is 59.3 Å². The molecule has 4 rings (SSSR count). The maximum Gasteiger partial charge on any atom is 0.416 e. The topological polar surface area (TPSA) is 42.2 Å². The van der Waals surface area contributed by atoms with Gasteiger partial charge in [0.2, 0.25) is 0 Å². The average molecular weight is 504 g/mol. The zero-order valence-corrected chi connectivity index (χ0v) is 19.8. The van der Waals surface area contributed by atoms with Crippen LogP contribution in [0.15, 0.2) is 76.0 Å². The van der Waals surface area contributed by atoms with Crippen LogP contribution in [0.3, 0.4) is 0 Å². The predicted molar refractivity (Wildman–Crippen MR) is 129 cm³/mol. The molecule has 0 aliphatic heterocycles. The molecule has 0 spiro atoms. The second-order valence-electron chi connectivity index (χ2n) is 7.70. The Morgan fingerprint density at radius 1 is 1.03 bits per heavy atom. The van der Waals surface area contributed by atoms with Crippen LogP contribution in [0.5, 0.6) is 0 Å². The molecule has 0 bridgehead atoms. The summed E-state index contributed by atoms with van der Waals surface area (Å²) in [6.45, 7) is 2.48. The predicted octanol–water partition coefficient (Wildman–Crippen LogP) is 7.74. The molecule has 1 amide bonds. The number of amides is 1. The minimum atomic E-state index is -4.52. The molecule has 1 heterocycles. The average Bonchev–Trinajstić information content (AvgIpc) is 3.20. The van der Waals surface area contributed by atoms with E-state index in [-0.39, 0.29) is 22.9 Å². The Kier molecular flexibility index (Phi) is 7.24. The third-order valence-corrected chi connectivity index (χ3v) is 6.39. The maximum absolute atomic E-state index is 13.4. The molecular weight excluding hydrogens is 483 g/mol. The standard InChI is InChI=1S/C26H21ClF3NO2S/c1-2-34-22-9-3-16(4-10-22)15-31-25(32)19-6-5-18-12-21(33-24(18)13-19)11-17-7-8-20(27)14-23(17)26(28,29)30/h3-10,12-14H,2,11,15H2,1H3,(H,31,32). The summed E-state index contributed by atoms with van der Waals surface area (Å²) < 4.78 is 46.0. The van der Waals surface area contributed by atoms with E-state index >= 15 is 0 Å². The molecule has 8 heteroatoms. The van der Waals surface area contributed by atoms with Crippen LogP contribution in [-0.2, 0) is 19.1 Å². The number of thioether (sulfide) groups is 1. The lowest BCUT2D eigenvalue weighted by Crippen LogP contribution is -2.22. The van der Waals surface area contributed by atoms with Crippen LogP contribution in [0.2, 0.25) is 5.02 Å². The van der Waals surface area contributed by atoms with E-state index in [2.05, 4.69) is 12.2 Å². The molecule has 0 atom stereocenters. The van der Waals surface area contributed by atoms with Gasteiger partial charge in [0.05, 0.1) is 5.56 Å². The number of carbonyl (C=O) groups excluding carboxylic acids is 1. The summed E-state index contributed by atoms with van der Waals surface area (Å²) in [5, 5.41) is 3.61. The van der Waals surface area contributed by atoms with E-state index in [0.29, 0.717) is 28.8 Å². The summed E-state index contributed by atoms with van der Waals surface area (Å²) in [5.41, 5.74) is 1.11. The van der Waals surface area contributed by atoms with Gasteiger partial charge >= 0.3 is 6.18 Å². The minimum Gasteiger partial charge on any atom is -0.461 e. The first-order chi connectivity index (χ1) is 16.2. The van der Waals surface area contributed by atoms with Crippen molar-refractivity contribution in [1.82, 2.24) is 5.32 Å². The summed E-state index contributed by atoms with van der Waals surface area (Å²) in [6, 6.07) is 18.4. The molecule has 0 fully saturated rings. The van der Waals surface area contributed by atoms with Gasteiger partial charge in [0.1, 0.15) is 11.3 Å². The number of hydrogen-bond donors (Lipinski definition) is 1. The fourth-order valence-electron chi connectivity index (χ4n) is 3.62. The maximum atomic E-state index is 13.4. The molecule has 4 aromatic rings. The number of rotatable bonds is 7. The molecule has 0 aliphatic carbocycles. The van der Waals surface area contributed by atoms with Gasteiger partial charge in [0.15, 0.2) is 0 Å². The molecule has 0 radical (unpaired) electrons. The van der Waals surface area contributed by atoms with E-state index in [0.717, 1.165) is 17.4 Å². The molecule has 1 aromatic heterocycles.